The van der Waals surface area contributed by atoms with Crippen LogP contribution in [0.4, 0.5) is 0 Å². The zero-order valence-electron chi connectivity index (χ0n) is 17.9. The molecule has 0 saturated carbocycles. The fourth-order valence-corrected chi connectivity index (χ4v) is 4.55. The van der Waals surface area contributed by atoms with Gasteiger partial charge in [-0.3, -0.25) is 9.69 Å². The third kappa shape index (κ3) is 6.08. The molecule has 0 spiro atoms. The third-order valence-electron chi connectivity index (χ3n) is 4.94. The van der Waals surface area contributed by atoms with E-state index in [1.807, 2.05) is 24.3 Å². The van der Waals surface area contributed by atoms with Gasteiger partial charge in [0.2, 0.25) is 0 Å². The number of esters is 1. The molecule has 0 radical (unpaired) electrons. The second kappa shape index (κ2) is 11.3. The van der Waals surface area contributed by atoms with Gasteiger partial charge in [0.1, 0.15) is 15.8 Å². The smallest absolute Gasteiger partial charge is 0.338 e. The normalized spacial score (nSPS) is 15.2. The van der Waals surface area contributed by atoms with E-state index in [9.17, 15) is 9.59 Å². The van der Waals surface area contributed by atoms with Gasteiger partial charge in [0.25, 0.3) is 5.91 Å². The molecule has 5 nitrogen and oxygen atoms in total. The summed E-state index contributed by atoms with van der Waals surface area (Å²) >= 11 is 6.72. The van der Waals surface area contributed by atoms with Crippen molar-refractivity contribution in [3.05, 3.63) is 52.6 Å². The lowest BCUT2D eigenvalue weighted by Crippen LogP contribution is -2.28. The first-order valence-electron chi connectivity index (χ1n) is 10.7. The van der Waals surface area contributed by atoms with Crippen LogP contribution in [0.1, 0.15) is 62.1 Å². The van der Waals surface area contributed by atoms with Gasteiger partial charge in [-0.25, -0.2) is 4.79 Å². The highest BCUT2D eigenvalue weighted by Crippen LogP contribution is 2.34. The van der Waals surface area contributed by atoms with Crippen molar-refractivity contribution in [2.75, 3.05) is 13.2 Å². The second-order valence-electron chi connectivity index (χ2n) is 7.25. The van der Waals surface area contributed by atoms with Crippen molar-refractivity contribution < 1.29 is 18.7 Å². The van der Waals surface area contributed by atoms with Crippen molar-refractivity contribution in [1.29, 1.82) is 0 Å². The molecule has 0 bridgehead atoms. The van der Waals surface area contributed by atoms with Crippen LogP contribution in [0.2, 0.25) is 0 Å². The van der Waals surface area contributed by atoms with Gasteiger partial charge in [-0.05, 0) is 37.6 Å². The molecule has 1 aliphatic heterocycles. The molecule has 31 heavy (non-hydrogen) atoms. The number of carbonyl (C=O) groups is 2. The van der Waals surface area contributed by atoms with Gasteiger partial charge in [-0.15, -0.1) is 0 Å². The summed E-state index contributed by atoms with van der Waals surface area (Å²) in [5.41, 5.74) is 1.34. The topological polar surface area (TPSA) is 59.8 Å². The molecule has 0 atom stereocenters. The standard InChI is InChI=1S/C24H27NO4S2/c1-3-5-6-7-8-15-25-22(26)21(31-24(25)30)16-19-13-14-20(29-19)17-9-11-18(12-10-17)23(27)28-4-2/h9-14,16H,3-8,15H2,1-2H3/b21-16+. The number of unbranched alkanes of at least 4 members (excludes halogenated alkanes) is 4. The first kappa shape index (κ1) is 23.3. The summed E-state index contributed by atoms with van der Waals surface area (Å²) in [6, 6.07) is 10.7. The van der Waals surface area contributed by atoms with E-state index < -0.39 is 0 Å². The number of nitrogens with zero attached hydrogens (tertiary/aromatic N) is 1. The molecule has 1 aromatic heterocycles. The summed E-state index contributed by atoms with van der Waals surface area (Å²) in [5.74, 6) is 0.852. The van der Waals surface area contributed by atoms with Gasteiger partial charge in [0.05, 0.1) is 17.1 Å². The van der Waals surface area contributed by atoms with Crippen LogP contribution >= 0.6 is 24.0 Å². The van der Waals surface area contributed by atoms with Gasteiger partial charge in [0, 0.05) is 18.2 Å². The van der Waals surface area contributed by atoms with Crippen molar-refractivity contribution in [2.45, 2.75) is 46.0 Å². The van der Waals surface area contributed by atoms with E-state index >= 15 is 0 Å². The van der Waals surface area contributed by atoms with E-state index in [0.717, 1.165) is 18.4 Å². The Morgan fingerprint density at radius 2 is 1.84 bits per heavy atom. The maximum Gasteiger partial charge on any atom is 0.338 e. The lowest BCUT2D eigenvalue weighted by molar-refractivity contribution is -0.122. The molecule has 0 N–H and O–H groups in total. The summed E-state index contributed by atoms with van der Waals surface area (Å²) in [6.07, 6.45) is 7.44. The Balaban J connectivity index is 1.64. The fraction of sp³-hybridized carbons (Fsp3) is 0.375. The highest BCUT2D eigenvalue weighted by molar-refractivity contribution is 8.26. The molecule has 0 aliphatic carbocycles. The van der Waals surface area contributed by atoms with Crippen molar-refractivity contribution in [3.63, 3.8) is 0 Å². The molecule has 1 amide bonds. The van der Waals surface area contributed by atoms with Crippen LogP contribution in [0.5, 0.6) is 0 Å². The van der Waals surface area contributed by atoms with E-state index in [2.05, 4.69) is 6.92 Å². The number of thiocarbonyl (C=S) groups is 1. The van der Waals surface area contributed by atoms with Crippen molar-refractivity contribution in [2.24, 2.45) is 0 Å². The molecule has 1 aliphatic rings. The van der Waals surface area contributed by atoms with Crippen molar-refractivity contribution in [1.82, 2.24) is 4.90 Å². The first-order valence-corrected chi connectivity index (χ1v) is 11.9. The van der Waals surface area contributed by atoms with Crippen LogP contribution in [-0.2, 0) is 9.53 Å². The quantitative estimate of drug-likeness (QED) is 0.181. The highest BCUT2D eigenvalue weighted by atomic mass is 32.2. The number of thioether (sulfide) groups is 1. The van der Waals surface area contributed by atoms with Crippen LogP contribution in [-0.4, -0.2) is 34.2 Å². The van der Waals surface area contributed by atoms with E-state index in [-0.39, 0.29) is 11.9 Å². The van der Waals surface area contributed by atoms with Gasteiger partial charge in [-0.2, -0.15) is 0 Å². The van der Waals surface area contributed by atoms with Crippen LogP contribution < -0.4 is 0 Å². The lowest BCUT2D eigenvalue weighted by atomic mass is 10.1. The zero-order valence-corrected chi connectivity index (χ0v) is 19.5. The van der Waals surface area contributed by atoms with Gasteiger partial charge < -0.3 is 9.15 Å². The van der Waals surface area contributed by atoms with Crippen molar-refractivity contribution >= 4 is 46.3 Å². The maximum atomic E-state index is 12.7. The third-order valence-corrected chi connectivity index (χ3v) is 6.32. The van der Waals surface area contributed by atoms with Crippen LogP contribution in [0.25, 0.3) is 17.4 Å². The summed E-state index contributed by atoms with van der Waals surface area (Å²) in [7, 11) is 0. The average molecular weight is 458 g/mol. The Kier molecular flexibility index (Phi) is 8.49. The number of furan rings is 1. The number of hydrogen-bond donors (Lipinski definition) is 0. The second-order valence-corrected chi connectivity index (χ2v) is 8.92. The van der Waals surface area contributed by atoms with E-state index in [4.69, 9.17) is 21.4 Å². The van der Waals surface area contributed by atoms with E-state index in [0.29, 0.717) is 39.5 Å². The minimum atomic E-state index is -0.346. The predicted molar refractivity (Wildman–Crippen MR) is 129 cm³/mol. The number of hydrogen-bond acceptors (Lipinski definition) is 6. The first-order chi connectivity index (χ1) is 15.0. The number of benzene rings is 1. The molecule has 1 saturated heterocycles. The van der Waals surface area contributed by atoms with Crippen molar-refractivity contribution in [3.8, 4) is 11.3 Å². The number of amides is 1. The van der Waals surface area contributed by atoms with Gasteiger partial charge in [-0.1, -0.05) is 68.7 Å². The molecule has 7 heteroatoms. The molecule has 2 heterocycles. The number of rotatable bonds is 10. The lowest BCUT2D eigenvalue weighted by Gasteiger charge is -2.13. The molecular weight excluding hydrogens is 430 g/mol. The summed E-state index contributed by atoms with van der Waals surface area (Å²) in [6.45, 7) is 4.97. The largest absolute Gasteiger partial charge is 0.462 e. The highest BCUT2D eigenvalue weighted by Gasteiger charge is 2.31. The maximum absolute atomic E-state index is 12.7. The Labute approximate surface area is 192 Å². The Morgan fingerprint density at radius 1 is 1.10 bits per heavy atom. The molecule has 0 unspecified atom stereocenters. The molecule has 2 aromatic rings. The Hall–Kier alpha value is -2.38. The minimum Gasteiger partial charge on any atom is -0.462 e. The van der Waals surface area contributed by atoms with Crippen LogP contribution in [0, 0.1) is 0 Å². The molecule has 164 valence electrons. The molecule has 3 rings (SSSR count). The van der Waals surface area contributed by atoms with Gasteiger partial charge in [0.15, 0.2) is 0 Å². The minimum absolute atomic E-state index is 0.0535. The van der Waals surface area contributed by atoms with E-state index in [1.165, 1.54) is 31.0 Å². The Bertz CT molecular complexity index is 962. The van der Waals surface area contributed by atoms with Crippen LogP contribution in [0.3, 0.4) is 0 Å². The molecule has 1 aromatic carbocycles. The van der Waals surface area contributed by atoms with Crippen LogP contribution in [0.15, 0.2) is 45.7 Å². The zero-order chi connectivity index (χ0) is 22.2. The van der Waals surface area contributed by atoms with Gasteiger partial charge >= 0.3 is 5.97 Å². The molecule has 1 fully saturated rings. The summed E-state index contributed by atoms with van der Waals surface area (Å²) in [4.78, 5) is 26.8. The monoisotopic (exact) mass is 457 g/mol. The molecular formula is C24H27NO4S2. The fourth-order valence-electron chi connectivity index (χ4n) is 3.27. The summed E-state index contributed by atoms with van der Waals surface area (Å²) < 4.78 is 11.5. The number of carbonyl (C=O) groups excluding carboxylic acids is 2. The number of ether oxygens (including phenoxy) is 1. The summed E-state index contributed by atoms with van der Waals surface area (Å²) in [5, 5.41) is 0. The Morgan fingerprint density at radius 3 is 2.55 bits per heavy atom. The predicted octanol–water partition coefficient (Wildman–Crippen LogP) is 6.29. The average Bonchev–Trinajstić information content (AvgIpc) is 3.33. The van der Waals surface area contributed by atoms with E-state index in [1.54, 1.807) is 30.0 Å². The SMILES string of the molecule is CCCCCCCN1C(=O)/C(=C\c2ccc(-c3ccc(C(=O)OCC)cc3)o2)SC1=S.